The molecule has 0 aliphatic rings. The molecule has 1 unspecified atom stereocenters. The van der Waals surface area contributed by atoms with Gasteiger partial charge in [-0.1, -0.05) is 86.6 Å². The van der Waals surface area contributed by atoms with Crippen LogP contribution in [0.5, 0.6) is 5.75 Å². The molecule has 0 saturated carbocycles. The Morgan fingerprint density at radius 2 is 1.67 bits per heavy atom. The third kappa shape index (κ3) is 5.48. The van der Waals surface area contributed by atoms with Gasteiger partial charge in [0.25, 0.3) is 5.22 Å². The summed E-state index contributed by atoms with van der Waals surface area (Å²) >= 11 is 1.49. The van der Waals surface area contributed by atoms with Crippen molar-refractivity contribution in [3.05, 3.63) is 88.5 Å². The molecule has 1 aromatic heterocycles. The third-order valence-electron chi connectivity index (χ3n) is 5.75. The number of aromatic hydroxyl groups is 1. The number of fused-ring (bicyclic) bond motifs is 1. The van der Waals surface area contributed by atoms with Crippen molar-refractivity contribution in [1.29, 1.82) is 0 Å². The number of oxazole rings is 1. The Morgan fingerprint density at radius 1 is 1.00 bits per heavy atom. The molecule has 170 valence electrons. The SMILES string of the molecule is Cc1ccc(CSc2nc3cc(C(=O)C(C)c4ccc(CC(C)C)cc4)c(O)cc3o2)cc1. The first-order valence-electron chi connectivity index (χ1n) is 11.2. The second-order valence-corrected chi connectivity index (χ2v) is 9.94. The van der Waals surface area contributed by atoms with Crippen LogP contribution in [0.3, 0.4) is 0 Å². The van der Waals surface area contributed by atoms with Crippen molar-refractivity contribution in [2.45, 2.75) is 51.0 Å². The highest BCUT2D eigenvalue weighted by atomic mass is 32.2. The lowest BCUT2D eigenvalue weighted by Crippen LogP contribution is -2.10. The molecule has 0 aliphatic carbocycles. The van der Waals surface area contributed by atoms with E-state index in [1.807, 2.05) is 19.1 Å². The molecule has 0 fully saturated rings. The van der Waals surface area contributed by atoms with Gasteiger partial charge in [0.15, 0.2) is 11.4 Å². The summed E-state index contributed by atoms with van der Waals surface area (Å²) in [6, 6.07) is 19.6. The van der Waals surface area contributed by atoms with Crippen LogP contribution in [0.2, 0.25) is 0 Å². The summed E-state index contributed by atoms with van der Waals surface area (Å²) in [5, 5.41) is 11.1. The molecule has 1 atom stereocenters. The number of hydrogen-bond donors (Lipinski definition) is 1. The fourth-order valence-electron chi connectivity index (χ4n) is 3.83. The number of phenolic OH excluding ortho intramolecular Hbond substituents is 1. The Labute approximate surface area is 199 Å². The van der Waals surface area contributed by atoms with Crippen LogP contribution in [0.25, 0.3) is 11.1 Å². The molecule has 4 nitrogen and oxygen atoms in total. The van der Waals surface area contributed by atoms with Gasteiger partial charge in [0.1, 0.15) is 11.3 Å². The Morgan fingerprint density at radius 3 is 2.33 bits per heavy atom. The second kappa shape index (κ2) is 9.84. The van der Waals surface area contributed by atoms with Crippen LogP contribution in [-0.2, 0) is 12.2 Å². The van der Waals surface area contributed by atoms with E-state index in [0.29, 0.717) is 22.2 Å². The second-order valence-electron chi connectivity index (χ2n) is 9.02. The first-order chi connectivity index (χ1) is 15.8. The predicted molar refractivity (Wildman–Crippen MR) is 134 cm³/mol. The van der Waals surface area contributed by atoms with E-state index in [-0.39, 0.29) is 23.0 Å². The van der Waals surface area contributed by atoms with E-state index in [2.05, 4.69) is 62.2 Å². The van der Waals surface area contributed by atoms with Gasteiger partial charge in [-0.25, -0.2) is 4.98 Å². The summed E-state index contributed by atoms with van der Waals surface area (Å²) in [4.78, 5) is 17.7. The molecule has 33 heavy (non-hydrogen) atoms. The van der Waals surface area contributed by atoms with Gasteiger partial charge in [-0.3, -0.25) is 4.79 Å². The first-order valence-corrected chi connectivity index (χ1v) is 12.2. The van der Waals surface area contributed by atoms with Crippen LogP contribution >= 0.6 is 11.8 Å². The largest absolute Gasteiger partial charge is 0.507 e. The van der Waals surface area contributed by atoms with E-state index in [1.165, 1.54) is 34.5 Å². The van der Waals surface area contributed by atoms with Gasteiger partial charge in [0.2, 0.25) is 0 Å². The van der Waals surface area contributed by atoms with Gasteiger partial charge in [0, 0.05) is 17.7 Å². The average Bonchev–Trinajstić information content (AvgIpc) is 3.19. The number of thioether (sulfide) groups is 1. The maximum Gasteiger partial charge on any atom is 0.257 e. The van der Waals surface area contributed by atoms with Crippen molar-refractivity contribution in [3.63, 3.8) is 0 Å². The van der Waals surface area contributed by atoms with Crippen LogP contribution in [0.1, 0.15) is 59.3 Å². The minimum absolute atomic E-state index is 0.0815. The molecule has 0 aliphatic heterocycles. The number of carbonyl (C=O) groups excluding carboxylic acids is 1. The van der Waals surface area contributed by atoms with Crippen molar-refractivity contribution < 1.29 is 14.3 Å². The maximum atomic E-state index is 13.2. The summed E-state index contributed by atoms with van der Waals surface area (Å²) in [5.41, 5.74) is 5.91. The lowest BCUT2D eigenvalue weighted by atomic mass is 9.90. The summed E-state index contributed by atoms with van der Waals surface area (Å²) in [6.07, 6.45) is 1.01. The molecule has 3 aromatic carbocycles. The molecule has 1 heterocycles. The Balaban J connectivity index is 1.51. The number of aryl methyl sites for hydroxylation is 1. The summed E-state index contributed by atoms with van der Waals surface area (Å²) < 4.78 is 5.80. The molecule has 1 N–H and O–H groups in total. The van der Waals surface area contributed by atoms with Crippen molar-refractivity contribution in [1.82, 2.24) is 4.98 Å². The first kappa shape index (κ1) is 23.1. The Hall–Kier alpha value is -3.05. The lowest BCUT2D eigenvalue weighted by molar-refractivity contribution is 0.0963. The molecule has 0 saturated heterocycles. The minimum Gasteiger partial charge on any atom is -0.507 e. The lowest BCUT2D eigenvalue weighted by Gasteiger charge is -2.13. The van der Waals surface area contributed by atoms with Gasteiger partial charge in [0.05, 0.1) is 5.56 Å². The number of benzene rings is 3. The van der Waals surface area contributed by atoms with Gasteiger partial charge < -0.3 is 9.52 Å². The van der Waals surface area contributed by atoms with Crippen molar-refractivity contribution in [2.24, 2.45) is 5.92 Å². The third-order valence-corrected chi connectivity index (χ3v) is 6.65. The molecular weight excluding hydrogens is 430 g/mol. The van der Waals surface area contributed by atoms with Crippen molar-refractivity contribution >= 4 is 28.6 Å². The van der Waals surface area contributed by atoms with E-state index >= 15 is 0 Å². The van der Waals surface area contributed by atoms with Crippen LogP contribution in [0.4, 0.5) is 0 Å². The Bertz CT molecular complexity index is 1260. The van der Waals surface area contributed by atoms with E-state index in [1.54, 1.807) is 6.07 Å². The highest BCUT2D eigenvalue weighted by molar-refractivity contribution is 7.98. The van der Waals surface area contributed by atoms with E-state index < -0.39 is 0 Å². The molecule has 4 aromatic rings. The summed E-state index contributed by atoms with van der Waals surface area (Å²) in [5.74, 6) is 0.726. The number of rotatable bonds is 8. The van der Waals surface area contributed by atoms with E-state index in [0.717, 1.165) is 17.7 Å². The van der Waals surface area contributed by atoms with Gasteiger partial charge in [-0.05, 0) is 42.0 Å². The van der Waals surface area contributed by atoms with Crippen molar-refractivity contribution in [2.75, 3.05) is 0 Å². The van der Waals surface area contributed by atoms with Crippen LogP contribution in [-0.4, -0.2) is 15.9 Å². The fourth-order valence-corrected chi connectivity index (χ4v) is 4.62. The topological polar surface area (TPSA) is 63.3 Å². The van der Waals surface area contributed by atoms with Gasteiger partial charge in [-0.2, -0.15) is 0 Å². The predicted octanol–water partition coefficient (Wildman–Crippen LogP) is 7.32. The smallest absolute Gasteiger partial charge is 0.257 e. The number of phenols is 1. The summed E-state index contributed by atoms with van der Waals surface area (Å²) in [7, 11) is 0. The molecular formula is C28H29NO3S. The van der Waals surface area contributed by atoms with E-state index in [4.69, 9.17) is 4.42 Å². The molecule has 4 rings (SSSR count). The number of hydrogen-bond acceptors (Lipinski definition) is 5. The van der Waals surface area contributed by atoms with Crippen LogP contribution in [0.15, 0.2) is 70.3 Å². The number of nitrogens with zero attached hydrogens (tertiary/aromatic N) is 1. The normalized spacial score (nSPS) is 12.4. The number of aromatic nitrogens is 1. The van der Waals surface area contributed by atoms with Gasteiger partial charge >= 0.3 is 0 Å². The Kier molecular flexibility index (Phi) is 6.89. The molecule has 0 spiro atoms. The van der Waals surface area contributed by atoms with Crippen molar-refractivity contribution in [3.8, 4) is 5.75 Å². The molecule has 0 radical (unpaired) electrons. The highest BCUT2D eigenvalue weighted by Crippen LogP contribution is 2.33. The summed E-state index contributed by atoms with van der Waals surface area (Å²) in [6.45, 7) is 8.31. The quantitative estimate of drug-likeness (QED) is 0.221. The number of Topliss-reactive ketones (excluding diaryl/α,β-unsaturated/α-hetero) is 1. The fraction of sp³-hybridized carbons (Fsp3) is 0.286. The molecule has 0 bridgehead atoms. The average molecular weight is 460 g/mol. The minimum atomic E-state index is -0.372. The zero-order valence-electron chi connectivity index (χ0n) is 19.5. The standard InChI is InChI=1S/C28H29NO3S/c1-17(2)13-20-9-11-22(12-10-20)19(4)27(31)23-14-24-26(15-25(23)30)32-28(29-24)33-16-21-7-5-18(3)6-8-21/h5-12,14-15,17,19,30H,13,16H2,1-4H3. The van der Waals surface area contributed by atoms with Crippen LogP contribution in [0, 0.1) is 12.8 Å². The zero-order valence-corrected chi connectivity index (χ0v) is 20.3. The number of ketones is 1. The van der Waals surface area contributed by atoms with E-state index in [9.17, 15) is 9.90 Å². The number of carbonyl (C=O) groups is 1. The highest BCUT2D eigenvalue weighted by Gasteiger charge is 2.22. The molecule has 0 amide bonds. The van der Waals surface area contributed by atoms with Crippen LogP contribution < -0.4 is 0 Å². The maximum absolute atomic E-state index is 13.2. The monoisotopic (exact) mass is 459 g/mol. The zero-order chi connectivity index (χ0) is 23.5. The molecule has 5 heteroatoms. The van der Waals surface area contributed by atoms with Gasteiger partial charge in [-0.15, -0.1) is 0 Å².